The maximum Gasteiger partial charge on any atom is 0.233 e. The predicted molar refractivity (Wildman–Crippen MR) is 136 cm³/mol. The van der Waals surface area contributed by atoms with Crippen LogP contribution in [0.1, 0.15) is 37.3 Å². The zero-order chi connectivity index (χ0) is 24.8. The van der Waals surface area contributed by atoms with Crippen molar-refractivity contribution >= 4 is 23.6 Å². The van der Waals surface area contributed by atoms with Gasteiger partial charge in [-0.1, -0.05) is 60.7 Å². The molecular weight excluding hydrogens is 462 g/mol. The van der Waals surface area contributed by atoms with Crippen molar-refractivity contribution in [1.29, 1.82) is 0 Å². The largest absolute Gasteiger partial charge is 0.631 e. The van der Waals surface area contributed by atoms with Crippen LogP contribution < -0.4 is 5.73 Å². The van der Waals surface area contributed by atoms with Gasteiger partial charge < -0.3 is 25.9 Å². The molecule has 0 bridgehead atoms. The zero-order valence-electron chi connectivity index (χ0n) is 19.7. The zero-order valence-corrected chi connectivity index (χ0v) is 20.5. The molecule has 2 aromatic rings. The molecule has 0 spiro atoms. The smallest absolute Gasteiger partial charge is 0.233 e. The normalized spacial score (nSPS) is 28.2. The minimum Gasteiger partial charge on any atom is -0.631 e. The first-order valence-corrected chi connectivity index (χ1v) is 13.1. The van der Waals surface area contributed by atoms with Crippen LogP contribution >= 0.6 is 11.8 Å². The SMILES string of the molecule is CC1=CN2C(=O)C(C3CC3)[C@@H]2SC1.NC(=O)C1CC(c2ccccc2)(c2ccccc2)[N+]([O-])([O-])C1. The van der Waals surface area contributed by atoms with Crippen molar-refractivity contribution < 1.29 is 14.4 Å². The summed E-state index contributed by atoms with van der Waals surface area (Å²) >= 11 is 1.94. The summed E-state index contributed by atoms with van der Waals surface area (Å²) in [6.45, 7) is 1.75. The molecule has 6 rings (SSSR count). The van der Waals surface area contributed by atoms with Gasteiger partial charge in [0.05, 0.1) is 23.8 Å². The van der Waals surface area contributed by atoms with Crippen molar-refractivity contribution in [3.8, 4) is 0 Å². The number of hydrogen-bond donors (Lipinski definition) is 1. The monoisotopic (exact) mass is 492 g/mol. The topological polar surface area (TPSA) is 110 Å². The number of amides is 2. The van der Waals surface area contributed by atoms with Crippen LogP contribution in [0.25, 0.3) is 0 Å². The van der Waals surface area contributed by atoms with Crippen molar-refractivity contribution in [2.24, 2.45) is 23.5 Å². The second-order valence-corrected chi connectivity index (χ2v) is 11.1. The summed E-state index contributed by atoms with van der Waals surface area (Å²) in [4.78, 5) is 23.4. The molecule has 2 amide bonds. The summed E-state index contributed by atoms with van der Waals surface area (Å²) in [5.74, 6) is 1.26. The van der Waals surface area contributed by atoms with Gasteiger partial charge in [0.1, 0.15) is 0 Å². The van der Waals surface area contributed by atoms with Crippen LogP contribution in [-0.2, 0) is 15.1 Å². The predicted octanol–water partition coefficient (Wildman–Crippen LogP) is 4.08. The molecule has 1 aliphatic carbocycles. The van der Waals surface area contributed by atoms with E-state index < -0.39 is 22.2 Å². The molecule has 3 fully saturated rings. The molecule has 2 aromatic carbocycles. The summed E-state index contributed by atoms with van der Waals surface area (Å²) in [5.41, 5.74) is 6.59. The van der Waals surface area contributed by atoms with Crippen LogP contribution in [0.4, 0.5) is 0 Å². The Bertz CT molecular complexity index is 1090. The number of nitrogens with two attached hydrogens (primary N) is 1. The molecular formula is C27H30N3O4S-. The van der Waals surface area contributed by atoms with E-state index in [4.69, 9.17) is 5.73 Å². The first-order chi connectivity index (χ1) is 16.7. The fourth-order valence-corrected chi connectivity index (χ4v) is 7.01. The Hall–Kier alpha value is -2.65. The highest BCUT2D eigenvalue weighted by atomic mass is 32.2. The maximum atomic E-state index is 12.8. The number of β-lactam (4-membered cyclic amide) rings is 1. The average molecular weight is 493 g/mol. The minimum atomic E-state index is -1.77. The maximum absolute atomic E-state index is 12.8. The lowest BCUT2D eigenvalue weighted by Gasteiger charge is -2.56. The van der Waals surface area contributed by atoms with Gasteiger partial charge in [0.25, 0.3) is 0 Å². The van der Waals surface area contributed by atoms with Crippen molar-refractivity contribution in [2.45, 2.75) is 37.1 Å². The molecule has 3 heterocycles. The quantitative estimate of drug-likeness (QED) is 0.393. The molecule has 0 radical (unpaired) electrons. The number of carbonyl (C=O) groups excluding carboxylic acids is 2. The standard InChI is InChI=1S/C17H17N2O3.C10H13NOS/c18-16(20)13-11-17(19(21,22)12-13,14-7-3-1-4-8-14)15-9-5-2-6-10-15;1-6-4-11-9(12)8(7-2-3-7)10(11)13-5-6/h1-10,13H,11-12H2,(H2,18,20);4,7-8,10H,2-3,5H2,1H3/q-1;/t;8?,10-/m.0/s1. The van der Waals surface area contributed by atoms with E-state index in [1.54, 1.807) is 48.5 Å². The number of benzene rings is 2. The molecule has 3 atom stereocenters. The van der Waals surface area contributed by atoms with E-state index in [1.165, 1.54) is 18.4 Å². The number of rotatable bonds is 4. The van der Waals surface area contributed by atoms with Gasteiger partial charge in [0.2, 0.25) is 11.8 Å². The highest BCUT2D eigenvalue weighted by molar-refractivity contribution is 8.00. The van der Waals surface area contributed by atoms with E-state index in [-0.39, 0.29) is 13.0 Å². The Morgan fingerprint density at radius 2 is 1.63 bits per heavy atom. The molecule has 1 saturated carbocycles. The first kappa shape index (κ1) is 24.1. The van der Waals surface area contributed by atoms with Gasteiger partial charge in [-0.3, -0.25) is 9.59 Å². The summed E-state index contributed by atoms with van der Waals surface area (Å²) in [6.07, 6.45) is 4.74. The summed E-state index contributed by atoms with van der Waals surface area (Å²) in [7, 11) is 0. The van der Waals surface area contributed by atoms with E-state index >= 15 is 0 Å². The highest BCUT2D eigenvalue weighted by Gasteiger charge is 2.55. The van der Waals surface area contributed by atoms with Crippen LogP contribution in [0.5, 0.6) is 0 Å². The Morgan fingerprint density at radius 1 is 1.06 bits per heavy atom. The average Bonchev–Trinajstić information content (AvgIpc) is 3.63. The fourth-order valence-electron chi connectivity index (χ4n) is 5.63. The van der Waals surface area contributed by atoms with Crippen molar-refractivity contribution in [3.05, 3.63) is 94.0 Å². The lowest BCUT2D eigenvalue weighted by atomic mass is 9.79. The Kier molecular flexibility index (Phi) is 6.25. The van der Waals surface area contributed by atoms with E-state index in [1.807, 2.05) is 35.0 Å². The number of hydroxylamine groups is 4. The number of carbonyl (C=O) groups is 2. The molecule has 2 saturated heterocycles. The number of hydrogen-bond acceptors (Lipinski definition) is 5. The Labute approximate surface area is 209 Å². The molecule has 35 heavy (non-hydrogen) atoms. The van der Waals surface area contributed by atoms with E-state index in [2.05, 4.69) is 6.92 Å². The van der Waals surface area contributed by atoms with E-state index in [0.717, 1.165) is 11.7 Å². The Balaban J connectivity index is 0.000000164. The van der Waals surface area contributed by atoms with Crippen LogP contribution in [0, 0.1) is 28.2 Å². The van der Waals surface area contributed by atoms with Gasteiger partial charge in [-0.25, -0.2) is 0 Å². The first-order valence-electron chi connectivity index (χ1n) is 12.1. The molecule has 0 aromatic heterocycles. The van der Waals surface area contributed by atoms with Gasteiger partial charge in [-0.15, -0.1) is 11.8 Å². The third kappa shape index (κ3) is 4.18. The van der Waals surface area contributed by atoms with E-state index in [0.29, 0.717) is 28.3 Å². The minimum absolute atomic E-state index is 0.128. The number of nitrogens with zero attached hydrogens (tertiary/aromatic N) is 2. The number of quaternary nitrogens is 1. The lowest BCUT2D eigenvalue weighted by molar-refractivity contribution is -0.873. The lowest BCUT2D eigenvalue weighted by Crippen LogP contribution is -2.58. The number of fused-ring (bicyclic) bond motifs is 1. The van der Waals surface area contributed by atoms with Crippen LogP contribution in [-0.4, -0.2) is 39.2 Å². The van der Waals surface area contributed by atoms with Gasteiger partial charge in [0, 0.05) is 29.5 Å². The molecule has 7 nitrogen and oxygen atoms in total. The van der Waals surface area contributed by atoms with Crippen molar-refractivity contribution in [1.82, 2.24) is 4.90 Å². The second kappa shape index (κ2) is 9.09. The molecule has 3 aliphatic heterocycles. The van der Waals surface area contributed by atoms with Crippen LogP contribution in [0.3, 0.4) is 0 Å². The summed E-state index contributed by atoms with van der Waals surface area (Å²) in [5, 5.41) is 26.2. The van der Waals surface area contributed by atoms with Gasteiger partial charge in [0.15, 0.2) is 5.54 Å². The van der Waals surface area contributed by atoms with E-state index in [9.17, 15) is 20.0 Å². The highest BCUT2D eigenvalue weighted by Crippen LogP contribution is 2.52. The third-order valence-electron chi connectivity index (χ3n) is 7.58. The molecule has 2 unspecified atom stereocenters. The van der Waals surface area contributed by atoms with Gasteiger partial charge in [-0.2, -0.15) is 0 Å². The number of primary amides is 1. The summed E-state index contributed by atoms with van der Waals surface area (Å²) in [6, 6.07) is 17.9. The molecule has 4 aliphatic rings. The Morgan fingerprint density at radius 3 is 2.11 bits per heavy atom. The number of thioether (sulfide) groups is 1. The molecule has 2 N–H and O–H groups in total. The summed E-state index contributed by atoms with van der Waals surface area (Å²) < 4.78 is 0. The molecule has 8 heteroatoms. The molecule has 184 valence electrons. The second-order valence-electron chi connectivity index (χ2n) is 10.0. The fraction of sp³-hybridized carbons (Fsp3) is 0.407. The van der Waals surface area contributed by atoms with Gasteiger partial charge >= 0.3 is 0 Å². The van der Waals surface area contributed by atoms with Crippen LogP contribution in [0.15, 0.2) is 72.4 Å². The van der Waals surface area contributed by atoms with Crippen molar-refractivity contribution in [2.75, 3.05) is 12.3 Å². The van der Waals surface area contributed by atoms with Gasteiger partial charge in [-0.05, 0) is 31.3 Å². The third-order valence-corrected chi connectivity index (χ3v) is 9.07. The van der Waals surface area contributed by atoms with Crippen molar-refractivity contribution in [3.63, 3.8) is 0 Å². The van der Waals surface area contributed by atoms with Crippen LogP contribution in [0.2, 0.25) is 0 Å².